The summed E-state index contributed by atoms with van der Waals surface area (Å²) in [6.45, 7) is 5.66. The number of ether oxygens (including phenoxy) is 2. The molecular formula is C15H22N2O3. The molecule has 0 spiro atoms. The molecule has 2 rings (SSSR count). The van der Waals surface area contributed by atoms with Crippen LogP contribution in [0, 0.1) is 12.8 Å². The molecule has 0 saturated carbocycles. The van der Waals surface area contributed by atoms with Crippen molar-refractivity contribution in [2.75, 3.05) is 25.6 Å². The van der Waals surface area contributed by atoms with Crippen LogP contribution in [0.25, 0.3) is 0 Å². The molecule has 20 heavy (non-hydrogen) atoms. The number of hydrogen-bond donors (Lipinski definition) is 1. The summed E-state index contributed by atoms with van der Waals surface area (Å²) in [5.41, 5.74) is 1.19. The Kier molecular flexibility index (Phi) is 4.95. The third kappa shape index (κ3) is 3.28. The lowest BCUT2D eigenvalue weighted by molar-refractivity contribution is 0.0599. The van der Waals surface area contributed by atoms with Crippen LogP contribution in [-0.2, 0) is 9.47 Å². The Morgan fingerprint density at radius 1 is 1.55 bits per heavy atom. The first kappa shape index (κ1) is 14.8. The van der Waals surface area contributed by atoms with Crippen LogP contribution in [0.5, 0.6) is 0 Å². The van der Waals surface area contributed by atoms with Gasteiger partial charge in [0.05, 0.1) is 24.5 Å². The summed E-state index contributed by atoms with van der Waals surface area (Å²) in [6.07, 6.45) is 2.48. The van der Waals surface area contributed by atoms with Gasteiger partial charge >= 0.3 is 5.97 Å². The number of anilines is 1. The molecule has 0 amide bonds. The summed E-state index contributed by atoms with van der Waals surface area (Å²) in [7, 11) is 1.37. The molecule has 110 valence electrons. The van der Waals surface area contributed by atoms with Crippen LogP contribution >= 0.6 is 0 Å². The molecular weight excluding hydrogens is 256 g/mol. The van der Waals surface area contributed by atoms with Gasteiger partial charge in [0, 0.05) is 19.1 Å². The fourth-order valence-electron chi connectivity index (χ4n) is 2.60. The van der Waals surface area contributed by atoms with Gasteiger partial charge in [-0.25, -0.2) is 9.78 Å². The summed E-state index contributed by atoms with van der Waals surface area (Å²) in [5, 5.41) is 3.33. The van der Waals surface area contributed by atoms with Crippen molar-refractivity contribution in [3.8, 4) is 0 Å². The summed E-state index contributed by atoms with van der Waals surface area (Å²) in [4.78, 5) is 15.9. The van der Waals surface area contributed by atoms with Gasteiger partial charge in [0.15, 0.2) is 0 Å². The monoisotopic (exact) mass is 278 g/mol. The van der Waals surface area contributed by atoms with E-state index in [9.17, 15) is 4.79 Å². The smallest absolute Gasteiger partial charge is 0.339 e. The molecule has 1 aliphatic rings. The second-order valence-corrected chi connectivity index (χ2v) is 5.07. The van der Waals surface area contributed by atoms with Crippen molar-refractivity contribution in [1.29, 1.82) is 0 Å². The van der Waals surface area contributed by atoms with Gasteiger partial charge in [-0.1, -0.05) is 6.92 Å². The highest BCUT2D eigenvalue weighted by molar-refractivity contribution is 5.90. The normalized spacial score (nSPS) is 21.8. The van der Waals surface area contributed by atoms with Crippen LogP contribution in [-0.4, -0.2) is 37.3 Å². The lowest BCUT2D eigenvalue weighted by Crippen LogP contribution is -2.23. The number of nitrogens with zero attached hydrogens (tertiary/aromatic N) is 1. The molecule has 0 aromatic carbocycles. The Morgan fingerprint density at radius 2 is 2.35 bits per heavy atom. The Hall–Kier alpha value is -1.62. The molecule has 2 atom stereocenters. The zero-order valence-corrected chi connectivity index (χ0v) is 12.3. The molecule has 1 aromatic rings. The quantitative estimate of drug-likeness (QED) is 0.838. The number of hydrogen-bond acceptors (Lipinski definition) is 5. The summed E-state index contributed by atoms with van der Waals surface area (Å²) < 4.78 is 10.4. The van der Waals surface area contributed by atoms with Gasteiger partial charge in [-0.3, -0.25) is 0 Å². The molecule has 5 nitrogen and oxygen atoms in total. The number of carbonyl (C=O) groups is 1. The minimum absolute atomic E-state index is 0.345. The number of nitrogens with one attached hydrogen (secondary N) is 1. The van der Waals surface area contributed by atoms with E-state index in [0.29, 0.717) is 23.3 Å². The first-order valence-corrected chi connectivity index (χ1v) is 7.07. The summed E-state index contributed by atoms with van der Waals surface area (Å²) in [6, 6.07) is 3.56. The predicted octanol–water partition coefficient (Wildman–Crippen LogP) is 2.40. The van der Waals surface area contributed by atoms with Crippen LogP contribution in [0.4, 0.5) is 5.82 Å². The third-order valence-electron chi connectivity index (χ3n) is 3.79. The van der Waals surface area contributed by atoms with Crippen molar-refractivity contribution in [3.05, 3.63) is 23.4 Å². The van der Waals surface area contributed by atoms with E-state index >= 15 is 0 Å². The number of carbonyl (C=O) groups excluding carboxylic acids is 1. The SMILES string of the molecule is CCC1OCCC1CNc1ccc(C(=O)OC)c(C)n1. The maximum absolute atomic E-state index is 11.5. The first-order valence-electron chi connectivity index (χ1n) is 7.07. The number of rotatable bonds is 5. The number of aromatic nitrogens is 1. The molecule has 2 heterocycles. The summed E-state index contributed by atoms with van der Waals surface area (Å²) in [5.74, 6) is 0.969. The molecule has 1 aromatic heterocycles. The molecule has 0 aliphatic carbocycles. The van der Waals surface area contributed by atoms with Crippen LogP contribution < -0.4 is 5.32 Å². The molecule has 1 aliphatic heterocycles. The van der Waals surface area contributed by atoms with Crippen molar-refractivity contribution in [3.63, 3.8) is 0 Å². The van der Waals surface area contributed by atoms with Gasteiger partial charge in [0.25, 0.3) is 0 Å². The van der Waals surface area contributed by atoms with Gasteiger partial charge in [-0.15, -0.1) is 0 Å². The lowest BCUT2D eigenvalue weighted by Gasteiger charge is -2.17. The van der Waals surface area contributed by atoms with E-state index in [4.69, 9.17) is 9.47 Å². The van der Waals surface area contributed by atoms with Crippen molar-refractivity contribution in [2.45, 2.75) is 32.8 Å². The Bertz CT molecular complexity index is 476. The van der Waals surface area contributed by atoms with E-state index in [1.807, 2.05) is 13.0 Å². The Labute approximate surface area is 119 Å². The van der Waals surface area contributed by atoms with E-state index in [-0.39, 0.29) is 5.97 Å². The molecule has 2 unspecified atom stereocenters. The highest BCUT2D eigenvalue weighted by Crippen LogP contribution is 2.23. The molecule has 1 saturated heterocycles. The number of methoxy groups -OCH3 is 1. The fraction of sp³-hybridized carbons (Fsp3) is 0.600. The predicted molar refractivity (Wildman–Crippen MR) is 76.9 cm³/mol. The standard InChI is InChI=1S/C15H22N2O3/c1-4-13-11(7-8-20-13)9-16-14-6-5-12(10(2)17-14)15(18)19-3/h5-6,11,13H,4,7-9H2,1-3H3,(H,16,17). The Morgan fingerprint density at radius 3 is 3.00 bits per heavy atom. The highest BCUT2D eigenvalue weighted by Gasteiger charge is 2.26. The second kappa shape index (κ2) is 6.70. The number of pyridine rings is 1. The topological polar surface area (TPSA) is 60.5 Å². The Balaban J connectivity index is 1.97. The van der Waals surface area contributed by atoms with Gasteiger partial charge in [0.1, 0.15) is 5.82 Å². The lowest BCUT2D eigenvalue weighted by atomic mass is 10.00. The van der Waals surface area contributed by atoms with Crippen LogP contribution in [0.15, 0.2) is 12.1 Å². The minimum atomic E-state index is -0.350. The van der Waals surface area contributed by atoms with E-state index in [0.717, 1.165) is 31.8 Å². The van der Waals surface area contributed by atoms with Crippen molar-refractivity contribution in [1.82, 2.24) is 4.98 Å². The largest absolute Gasteiger partial charge is 0.465 e. The zero-order valence-electron chi connectivity index (χ0n) is 12.3. The van der Waals surface area contributed by atoms with Gasteiger partial charge in [-0.05, 0) is 31.9 Å². The maximum Gasteiger partial charge on any atom is 0.339 e. The summed E-state index contributed by atoms with van der Waals surface area (Å²) >= 11 is 0. The number of esters is 1. The average Bonchev–Trinajstić information content (AvgIpc) is 2.92. The van der Waals surface area contributed by atoms with Gasteiger partial charge in [0.2, 0.25) is 0 Å². The minimum Gasteiger partial charge on any atom is -0.465 e. The highest BCUT2D eigenvalue weighted by atomic mass is 16.5. The maximum atomic E-state index is 11.5. The van der Waals surface area contributed by atoms with Crippen LogP contribution in [0.1, 0.15) is 35.8 Å². The van der Waals surface area contributed by atoms with Crippen LogP contribution in [0.3, 0.4) is 0 Å². The molecule has 1 fully saturated rings. The van der Waals surface area contributed by atoms with E-state index in [1.165, 1.54) is 7.11 Å². The van der Waals surface area contributed by atoms with Crippen molar-refractivity contribution in [2.24, 2.45) is 5.92 Å². The van der Waals surface area contributed by atoms with Crippen LogP contribution in [0.2, 0.25) is 0 Å². The van der Waals surface area contributed by atoms with Gasteiger partial charge < -0.3 is 14.8 Å². The van der Waals surface area contributed by atoms with Crippen molar-refractivity contribution < 1.29 is 14.3 Å². The molecule has 1 N–H and O–H groups in total. The third-order valence-corrected chi connectivity index (χ3v) is 3.79. The van der Waals surface area contributed by atoms with E-state index in [1.54, 1.807) is 6.07 Å². The molecule has 0 bridgehead atoms. The van der Waals surface area contributed by atoms with E-state index < -0.39 is 0 Å². The zero-order chi connectivity index (χ0) is 14.5. The van der Waals surface area contributed by atoms with Crippen molar-refractivity contribution >= 4 is 11.8 Å². The fourth-order valence-corrected chi connectivity index (χ4v) is 2.60. The second-order valence-electron chi connectivity index (χ2n) is 5.07. The molecule has 0 radical (unpaired) electrons. The molecule has 5 heteroatoms. The first-order chi connectivity index (χ1) is 9.65. The van der Waals surface area contributed by atoms with Gasteiger partial charge in [-0.2, -0.15) is 0 Å². The van der Waals surface area contributed by atoms with E-state index in [2.05, 4.69) is 17.2 Å². The average molecular weight is 278 g/mol. The number of aryl methyl sites for hydroxylation is 1.